The number of aromatic nitrogens is 2. The second-order valence-electron chi connectivity index (χ2n) is 8.49. The zero-order chi connectivity index (χ0) is 25.4. The van der Waals surface area contributed by atoms with Gasteiger partial charge in [0.25, 0.3) is 5.91 Å². The summed E-state index contributed by atoms with van der Waals surface area (Å²) in [6, 6.07) is 14.6. The number of nitrogens with zero attached hydrogens (tertiary/aromatic N) is 3. The summed E-state index contributed by atoms with van der Waals surface area (Å²) < 4.78 is 34.1. The van der Waals surface area contributed by atoms with E-state index in [9.17, 15) is 13.2 Å². The number of amides is 1. The highest BCUT2D eigenvalue weighted by atomic mass is 32.2. The van der Waals surface area contributed by atoms with Crippen molar-refractivity contribution in [3.8, 4) is 5.75 Å². The van der Waals surface area contributed by atoms with Gasteiger partial charge < -0.3 is 4.74 Å². The van der Waals surface area contributed by atoms with E-state index in [4.69, 9.17) is 9.57 Å². The molecule has 0 aliphatic carbocycles. The fraction of sp³-hybridized carbons (Fsp3) is 0.346. The third kappa shape index (κ3) is 6.26. The molecule has 36 heavy (non-hydrogen) atoms. The average Bonchev–Trinajstić information content (AvgIpc) is 2.91. The fourth-order valence-corrected chi connectivity index (χ4v) is 5.48. The third-order valence-electron chi connectivity index (χ3n) is 5.90. The van der Waals surface area contributed by atoms with Crippen LogP contribution in [0.25, 0.3) is 0 Å². The Hall–Kier alpha value is -3.34. The average molecular weight is 511 g/mol. The molecule has 0 saturated carbocycles. The molecule has 9 nitrogen and oxygen atoms in total. The van der Waals surface area contributed by atoms with Gasteiger partial charge in [-0.3, -0.25) is 19.6 Å². The van der Waals surface area contributed by atoms with E-state index in [2.05, 4.69) is 22.4 Å². The first-order valence-electron chi connectivity index (χ1n) is 12.0. The summed E-state index contributed by atoms with van der Waals surface area (Å²) in [5, 5.41) is 0. The highest BCUT2D eigenvalue weighted by molar-refractivity contribution is 7.89. The molecule has 1 aromatic heterocycles. The fourth-order valence-electron chi connectivity index (χ4n) is 3.94. The van der Waals surface area contributed by atoms with Crippen LogP contribution in [0.2, 0.25) is 0 Å². The highest BCUT2D eigenvalue weighted by Crippen LogP contribution is 2.28. The van der Waals surface area contributed by atoms with Gasteiger partial charge in [0.2, 0.25) is 10.0 Å². The second kappa shape index (κ2) is 12.1. The molecule has 0 saturated heterocycles. The standard InChI is InChI=1S/C26H30N4O5S/c1-2-3-7-16-34-21-10-12-22(13-11-21)36(32,33)30-18-24-23(27-14-15-28-24)17-25(30)26(31)29-35-19-20-8-5-4-6-9-20/h4-6,8-15,25H,2-3,7,16-19H2,1H3,(H,29,31). The summed E-state index contributed by atoms with van der Waals surface area (Å²) in [6.07, 6.45) is 6.23. The Bertz CT molecular complexity index is 1250. The van der Waals surface area contributed by atoms with Crippen molar-refractivity contribution in [1.29, 1.82) is 0 Å². The Labute approximate surface area is 211 Å². The summed E-state index contributed by atoms with van der Waals surface area (Å²) >= 11 is 0. The predicted molar refractivity (Wildman–Crippen MR) is 133 cm³/mol. The molecule has 0 bridgehead atoms. The lowest BCUT2D eigenvalue weighted by atomic mass is 10.0. The lowest BCUT2D eigenvalue weighted by Crippen LogP contribution is -2.52. The molecule has 1 aliphatic rings. The minimum atomic E-state index is -4.03. The minimum absolute atomic E-state index is 0.0683. The van der Waals surface area contributed by atoms with E-state index in [1.54, 1.807) is 12.1 Å². The van der Waals surface area contributed by atoms with E-state index < -0.39 is 22.0 Å². The first-order valence-corrected chi connectivity index (χ1v) is 13.4. The van der Waals surface area contributed by atoms with E-state index >= 15 is 0 Å². The first kappa shape index (κ1) is 25.7. The Kier molecular flexibility index (Phi) is 8.63. The zero-order valence-electron chi connectivity index (χ0n) is 20.2. The van der Waals surface area contributed by atoms with Gasteiger partial charge >= 0.3 is 0 Å². The summed E-state index contributed by atoms with van der Waals surface area (Å²) in [5.41, 5.74) is 4.39. The van der Waals surface area contributed by atoms with Crippen molar-refractivity contribution in [3.05, 3.63) is 83.9 Å². The first-order chi connectivity index (χ1) is 17.5. The van der Waals surface area contributed by atoms with Crippen molar-refractivity contribution in [2.75, 3.05) is 6.61 Å². The van der Waals surface area contributed by atoms with Crippen LogP contribution in [0, 0.1) is 0 Å². The molecule has 4 rings (SSSR count). The number of nitrogens with one attached hydrogen (secondary N) is 1. The van der Waals surface area contributed by atoms with Crippen LogP contribution in [0.5, 0.6) is 5.75 Å². The van der Waals surface area contributed by atoms with Crippen molar-refractivity contribution in [1.82, 2.24) is 19.8 Å². The third-order valence-corrected chi connectivity index (χ3v) is 7.77. The molecule has 1 amide bonds. The molecule has 10 heteroatoms. The quantitative estimate of drug-likeness (QED) is 0.311. The molecule has 0 spiro atoms. The maximum Gasteiger partial charge on any atom is 0.262 e. The Morgan fingerprint density at radius 3 is 2.47 bits per heavy atom. The van der Waals surface area contributed by atoms with Gasteiger partial charge in [-0.25, -0.2) is 13.9 Å². The van der Waals surface area contributed by atoms with Crippen molar-refractivity contribution >= 4 is 15.9 Å². The molecule has 0 fully saturated rings. The van der Waals surface area contributed by atoms with Crippen LogP contribution in [-0.4, -0.2) is 41.2 Å². The van der Waals surface area contributed by atoms with Gasteiger partial charge in [0.15, 0.2) is 0 Å². The molecule has 1 atom stereocenters. The maximum absolute atomic E-state index is 13.6. The summed E-state index contributed by atoms with van der Waals surface area (Å²) in [4.78, 5) is 27.1. The molecule has 1 N–H and O–H groups in total. The van der Waals surface area contributed by atoms with Gasteiger partial charge in [0.1, 0.15) is 11.8 Å². The normalized spacial score (nSPS) is 15.8. The van der Waals surface area contributed by atoms with Crippen molar-refractivity contribution < 1.29 is 22.8 Å². The number of hydrogen-bond donors (Lipinski definition) is 1. The number of benzene rings is 2. The molecule has 190 valence electrons. The topological polar surface area (TPSA) is 111 Å². The van der Waals surface area contributed by atoms with Crippen molar-refractivity contribution in [2.24, 2.45) is 0 Å². The number of hydrogen-bond acceptors (Lipinski definition) is 7. The Morgan fingerprint density at radius 1 is 1.03 bits per heavy atom. The van der Waals surface area contributed by atoms with Crippen LogP contribution >= 0.6 is 0 Å². The number of unbranched alkanes of at least 4 members (excludes halogenated alkanes) is 2. The van der Waals surface area contributed by atoms with Crippen LogP contribution in [0.15, 0.2) is 71.9 Å². The van der Waals surface area contributed by atoms with Crippen LogP contribution < -0.4 is 10.2 Å². The molecular weight excluding hydrogens is 480 g/mol. The SMILES string of the molecule is CCCCCOc1ccc(S(=O)(=O)N2Cc3nccnc3CC2C(=O)NOCc2ccccc2)cc1. The van der Waals surface area contributed by atoms with Gasteiger partial charge in [-0.1, -0.05) is 50.1 Å². The maximum atomic E-state index is 13.6. The monoisotopic (exact) mass is 510 g/mol. The Balaban J connectivity index is 1.50. The van der Waals surface area contributed by atoms with Crippen molar-refractivity contribution in [3.63, 3.8) is 0 Å². The van der Waals surface area contributed by atoms with Gasteiger partial charge in [0, 0.05) is 18.8 Å². The van der Waals surface area contributed by atoms with Gasteiger partial charge in [0.05, 0.1) is 36.0 Å². The number of carbonyl (C=O) groups is 1. The molecule has 2 heterocycles. The molecule has 0 radical (unpaired) electrons. The van der Waals surface area contributed by atoms with Crippen LogP contribution in [0.4, 0.5) is 0 Å². The number of ether oxygens (including phenoxy) is 1. The highest BCUT2D eigenvalue weighted by Gasteiger charge is 2.41. The number of sulfonamides is 1. The lowest BCUT2D eigenvalue weighted by molar-refractivity contribution is -0.139. The largest absolute Gasteiger partial charge is 0.494 e. The number of rotatable bonds is 11. The van der Waals surface area contributed by atoms with E-state index in [1.165, 1.54) is 24.5 Å². The van der Waals surface area contributed by atoms with Gasteiger partial charge in [-0.2, -0.15) is 4.31 Å². The van der Waals surface area contributed by atoms with Gasteiger partial charge in [-0.05, 0) is 36.2 Å². The van der Waals surface area contributed by atoms with E-state index in [-0.39, 0.29) is 24.5 Å². The van der Waals surface area contributed by atoms with Crippen LogP contribution in [-0.2, 0) is 39.2 Å². The minimum Gasteiger partial charge on any atom is -0.494 e. The number of carbonyl (C=O) groups excluding carboxylic acids is 1. The van der Waals surface area contributed by atoms with Gasteiger partial charge in [-0.15, -0.1) is 0 Å². The summed E-state index contributed by atoms with van der Waals surface area (Å²) in [7, 11) is -4.03. The molecular formula is C26H30N4O5S. The van der Waals surface area contributed by atoms with E-state index in [0.29, 0.717) is 23.7 Å². The zero-order valence-corrected chi connectivity index (χ0v) is 21.0. The smallest absolute Gasteiger partial charge is 0.262 e. The van der Waals surface area contributed by atoms with E-state index in [0.717, 1.165) is 29.1 Å². The number of hydroxylamine groups is 1. The number of fused-ring (bicyclic) bond motifs is 1. The molecule has 3 aromatic rings. The molecule has 2 aromatic carbocycles. The van der Waals surface area contributed by atoms with E-state index in [1.807, 2.05) is 30.3 Å². The second-order valence-corrected chi connectivity index (χ2v) is 10.4. The van der Waals surface area contributed by atoms with Crippen molar-refractivity contribution in [2.45, 2.75) is 56.7 Å². The summed E-state index contributed by atoms with van der Waals surface area (Å²) in [5.74, 6) is 0.0326. The predicted octanol–water partition coefficient (Wildman–Crippen LogP) is 3.41. The summed E-state index contributed by atoms with van der Waals surface area (Å²) in [6.45, 7) is 2.78. The van der Waals surface area contributed by atoms with Crippen LogP contribution in [0.1, 0.15) is 43.1 Å². The van der Waals surface area contributed by atoms with Crippen LogP contribution in [0.3, 0.4) is 0 Å². The Morgan fingerprint density at radius 2 is 1.75 bits per heavy atom. The lowest BCUT2D eigenvalue weighted by Gasteiger charge is -2.33. The molecule has 1 aliphatic heterocycles. The molecule has 1 unspecified atom stereocenters.